The molecule has 2 aromatic carbocycles. The van der Waals surface area contributed by atoms with Crippen molar-refractivity contribution >= 4 is 46.0 Å². The zero-order valence-electron chi connectivity index (χ0n) is 23.5. The number of hydrogen-bond acceptors (Lipinski definition) is 7. The fraction of sp³-hybridized carbons (Fsp3) is 0.290. The van der Waals surface area contributed by atoms with E-state index in [1.807, 2.05) is 49.5 Å². The number of fused-ring (bicyclic) bond motifs is 1. The van der Waals surface area contributed by atoms with Crippen LogP contribution in [0.25, 0.3) is 22.2 Å². The highest BCUT2D eigenvalue weighted by Crippen LogP contribution is 2.33. The minimum Gasteiger partial charge on any atom is -0.393 e. The highest BCUT2D eigenvalue weighted by Gasteiger charge is 2.29. The largest absolute Gasteiger partial charge is 0.393 e. The molecule has 2 heterocycles. The van der Waals surface area contributed by atoms with Gasteiger partial charge in [-0.25, -0.2) is 9.97 Å². The molecular formula is C31H34ClN7O3. The maximum Gasteiger partial charge on any atom is 0.251 e. The number of aliphatic hydroxyl groups is 1. The van der Waals surface area contributed by atoms with Gasteiger partial charge in [-0.1, -0.05) is 35.9 Å². The van der Waals surface area contributed by atoms with Gasteiger partial charge in [-0.3, -0.25) is 9.59 Å². The summed E-state index contributed by atoms with van der Waals surface area (Å²) in [4.78, 5) is 39.3. The molecule has 10 nitrogen and oxygen atoms in total. The van der Waals surface area contributed by atoms with E-state index in [1.54, 1.807) is 36.5 Å². The monoisotopic (exact) mass is 587 g/mol. The van der Waals surface area contributed by atoms with E-state index in [0.29, 0.717) is 53.7 Å². The van der Waals surface area contributed by atoms with E-state index in [-0.39, 0.29) is 23.9 Å². The SMILES string of the molecule is CN(C)C/C=C/C(=O)Nc1ccc(C(=O)NC2CC(Nc3ncc(Cl)c(-c4c[nH]c5ccccc45)n3)C[C@@H](O)C2)cc1. The van der Waals surface area contributed by atoms with Crippen LogP contribution in [-0.4, -0.2) is 75.6 Å². The fourth-order valence-corrected chi connectivity index (χ4v) is 5.32. The molecule has 1 aliphatic carbocycles. The number of nitrogens with zero attached hydrogens (tertiary/aromatic N) is 3. The molecule has 1 saturated carbocycles. The number of carbonyl (C=O) groups is 2. The van der Waals surface area contributed by atoms with E-state index in [0.717, 1.165) is 16.5 Å². The molecule has 0 aliphatic heterocycles. The molecule has 5 N–H and O–H groups in total. The number of benzene rings is 2. The molecule has 2 amide bonds. The predicted molar refractivity (Wildman–Crippen MR) is 166 cm³/mol. The van der Waals surface area contributed by atoms with E-state index in [2.05, 4.69) is 25.9 Å². The number of nitrogens with one attached hydrogen (secondary N) is 4. The second-order valence-electron chi connectivity index (χ2n) is 10.7. The van der Waals surface area contributed by atoms with Crippen LogP contribution in [0.2, 0.25) is 5.02 Å². The van der Waals surface area contributed by atoms with Crippen LogP contribution in [0.3, 0.4) is 0 Å². The Morgan fingerprint density at radius 1 is 1.10 bits per heavy atom. The summed E-state index contributed by atoms with van der Waals surface area (Å²) in [7, 11) is 3.85. The first-order valence-corrected chi connectivity index (χ1v) is 14.2. The summed E-state index contributed by atoms with van der Waals surface area (Å²) in [6.07, 6.45) is 7.64. The van der Waals surface area contributed by atoms with Gasteiger partial charge in [-0.15, -0.1) is 0 Å². The van der Waals surface area contributed by atoms with Crippen LogP contribution in [0.4, 0.5) is 11.6 Å². The summed E-state index contributed by atoms with van der Waals surface area (Å²) >= 11 is 6.48. The molecule has 0 bridgehead atoms. The van der Waals surface area contributed by atoms with E-state index in [9.17, 15) is 14.7 Å². The highest BCUT2D eigenvalue weighted by atomic mass is 35.5. The quantitative estimate of drug-likeness (QED) is 0.182. The van der Waals surface area contributed by atoms with Gasteiger partial charge in [0.05, 0.1) is 23.0 Å². The first-order chi connectivity index (χ1) is 20.2. The van der Waals surface area contributed by atoms with Gasteiger partial charge in [0.2, 0.25) is 11.9 Å². The zero-order chi connectivity index (χ0) is 29.6. The van der Waals surface area contributed by atoms with Gasteiger partial charge in [-0.2, -0.15) is 0 Å². The Bertz CT molecular complexity index is 1590. The van der Waals surface area contributed by atoms with Crippen molar-refractivity contribution in [3.05, 3.63) is 83.7 Å². The van der Waals surface area contributed by atoms with Crippen molar-refractivity contribution in [1.82, 2.24) is 25.2 Å². The Morgan fingerprint density at radius 3 is 2.64 bits per heavy atom. The number of aromatic amines is 1. The van der Waals surface area contributed by atoms with Crippen molar-refractivity contribution in [3.63, 3.8) is 0 Å². The molecule has 0 spiro atoms. The van der Waals surface area contributed by atoms with Crippen LogP contribution >= 0.6 is 11.6 Å². The third kappa shape index (κ3) is 7.33. The van der Waals surface area contributed by atoms with Crippen molar-refractivity contribution in [2.45, 2.75) is 37.5 Å². The van der Waals surface area contributed by atoms with E-state index in [4.69, 9.17) is 16.6 Å². The Kier molecular flexibility index (Phi) is 9.16. The number of rotatable bonds is 9. The molecule has 218 valence electrons. The van der Waals surface area contributed by atoms with Gasteiger partial charge in [0.15, 0.2) is 0 Å². The third-order valence-electron chi connectivity index (χ3n) is 7.09. The van der Waals surface area contributed by atoms with E-state index < -0.39 is 6.10 Å². The van der Waals surface area contributed by atoms with Gasteiger partial charge in [0, 0.05) is 58.6 Å². The summed E-state index contributed by atoms with van der Waals surface area (Å²) < 4.78 is 0. The lowest BCUT2D eigenvalue weighted by molar-refractivity contribution is -0.111. The standard InChI is InChI=1S/C31H34ClN7O3/c1-39(2)13-5-8-28(41)35-20-11-9-19(10-12-20)30(42)36-21-14-22(16-23(40)15-21)37-31-34-18-26(32)29(38-31)25-17-33-27-7-4-3-6-24(25)27/h3-12,17-18,21-23,33,40H,13-16H2,1-2H3,(H,35,41)(H,36,42)(H,34,37,38)/b8-5+/t21?,22?,23-/m0/s1. The van der Waals surface area contributed by atoms with Crippen LogP contribution in [-0.2, 0) is 4.79 Å². The smallest absolute Gasteiger partial charge is 0.251 e. The fourth-order valence-electron chi connectivity index (χ4n) is 5.13. The van der Waals surface area contributed by atoms with E-state index >= 15 is 0 Å². The average molecular weight is 588 g/mol. The number of H-pyrrole nitrogens is 1. The lowest BCUT2D eigenvalue weighted by Crippen LogP contribution is -2.46. The molecular weight excluding hydrogens is 554 g/mol. The first kappa shape index (κ1) is 29.2. The molecule has 1 aliphatic rings. The van der Waals surface area contributed by atoms with Gasteiger partial charge < -0.3 is 30.9 Å². The number of para-hydroxylation sites is 1. The average Bonchev–Trinajstić information content (AvgIpc) is 3.38. The lowest BCUT2D eigenvalue weighted by atomic mass is 9.88. The van der Waals surface area contributed by atoms with Gasteiger partial charge >= 0.3 is 0 Å². The molecule has 11 heteroatoms. The number of hydrogen-bond donors (Lipinski definition) is 5. The van der Waals surface area contributed by atoms with Gasteiger partial charge in [0.1, 0.15) is 0 Å². The van der Waals surface area contributed by atoms with Crippen molar-refractivity contribution in [1.29, 1.82) is 0 Å². The number of halogens is 1. The maximum atomic E-state index is 13.0. The van der Waals surface area contributed by atoms with Crippen LogP contribution in [0.1, 0.15) is 29.6 Å². The predicted octanol–water partition coefficient (Wildman–Crippen LogP) is 4.46. The van der Waals surface area contributed by atoms with Crippen LogP contribution in [0.15, 0.2) is 73.1 Å². The topological polar surface area (TPSA) is 135 Å². The van der Waals surface area contributed by atoms with Crippen molar-refractivity contribution < 1.29 is 14.7 Å². The molecule has 1 fully saturated rings. The third-order valence-corrected chi connectivity index (χ3v) is 7.37. The minimum atomic E-state index is -0.597. The molecule has 2 aromatic heterocycles. The molecule has 5 rings (SSSR count). The molecule has 2 unspecified atom stereocenters. The second-order valence-corrected chi connectivity index (χ2v) is 11.1. The number of aliphatic hydroxyl groups excluding tert-OH is 1. The number of likely N-dealkylation sites (N-methyl/N-ethyl adjacent to an activating group) is 1. The van der Waals surface area contributed by atoms with Crippen LogP contribution < -0.4 is 16.0 Å². The molecule has 42 heavy (non-hydrogen) atoms. The molecule has 0 saturated heterocycles. The number of carbonyl (C=O) groups excluding carboxylic acids is 2. The molecule has 3 atom stereocenters. The molecule has 0 radical (unpaired) electrons. The Labute approximate surface area is 249 Å². The van der Waals surface area contributed by atoms with E-state index in [1.165, 1.54) is 6.08 Å². The van der Waals surface area contributed by atoms with Crippen LogP contribution in [0, 0.1) is 0 Å². The Morgan fingerprint density at radius 2 is 1.86 bits per heavy atom. The second kappa shape index (κ2) is 13.2. The molecule has 4 aromatic rings. The minimum absolute atomic E-state index is 0.158. The summed E-state index contributed by atoms with van der Waals surface area (Å²) in [6, 6.07) is 14.2. The van der Waals surface area contributed by atoms with Crippen molar-refractivity contribution in [2.24, 2.45) is 0 Å². The number of aromatic nitrogens is 3. The normalized spacial score (nSPS) is 18.8. The van der Waals surface area contributed by atoms with Crippen molar-refractivity contribution in [2.75, 3.05) is 31.3 Å². The lowest BCUT2D eigenvalue weighted by Gasteiger charge is -2.33. The van der Waals surface area contributed by atoms with Crippen molar-refractivity contribution in [3.8, 4) is 11.3 Å². The highest BCUT2D eigenvalue weighted by molar-refractivity contribution is 6.33. The maximum absolute atomic E-state index is 13.0. The summed E-state index contributed by atoms with van der Waals surface area (Å²) in [6.45, 7) is 0.664. The summed E-state index contributed by atoms with van der Waals surface area (Å²) in [5.41, 5.74) is 3.53. The Balaban J connectivity index is 1.20. The number of amides is 2. The van der Waals surface area contributed by atoms with Gasteiger partial charge in [-0.05, 0) is 63.7 Å². The van der Waals surface area contributed by atoms with Crippen LogP contribution in [0.5, 0.6) is 0 Å². The Hall–Kier alpha value is -4.25. The summed E-state index contributed by atoms with van der Waals surface area (Å²) in [5, 5.41) is 21.2. The van der Waals surface area contributed by atoms with Gasteiger partial charge in [0.25, 0.3) is 5.91 Å². The summed E-state index contributed by atoms with van der Waals surface area (Å²) in [5.74, 6) is -0.0824. The zero-order valence-corrected chi connectivity index (χ0v) is 24.2. The number of anilines is 2. The first-order valence-electron chi connectivity index (χ1n) is 13.8.